The molecule has 0 saturated carbocycles. The second kappa shape index (κ2) is 21.3. The van der Waals surface area contributed by atoms with E-state index >= 15 is 0 Å². The summed E-state index contributed by atoms with van der Waals surface area (Å²) in [7, 11) is 0. The number of hydrogen-bond acceptors (Lipinski definition) is 12. The van der Waals surface area contributed by atoms with Crippen molar-refractivity contribution in [3.8, 4) is 11.5 Å². The van der Waals surface area contributed by atoms with E-state index in [9.17, 15) is 19.2 Å². The van der Waals surface area contributed by atoms with Crippen LogP contribution in [0.5, 0.6) is 11.5 Å². The molecule has 2 heterocycles. The van der Waals surface area contributed by atoms with Gasteiger partial charge in [0.15, 0.2) is 11.6 Å². The van der Waals surface area contributed by atoms with Crippen LogP contribution in [0.15, 0.2) is 97.3 Å². The van der Waals surface area contributed by atoms with E-state index in [1.165, 1.54) is 0 Å². The van der Waals surface area contributed by atoms with E-state index < -0.39 is 17.4 Å². The Labute approximate surface area is 368 Å². The van der Waals surface area contributed by atoms with Gasteiger partial charge in [-0.2, -0.15) is 0 Å². The first-order valence-electron chi connectivity index (χ1n) is 21.5. The monoisotopic (exact) mass is 852 g/mol. The minimum atomic E-state index is -0.740. The number of nitrogens with zero attached hydrogens (tertiary/aromatic N) is 2. The van der Waals surface area contributed by atoms with E-state index in [0.29, 0.717) is 70.7 Å². The molecule has 12 heteroatoms. The van der Waals surface area contributed by atoms with E-state index in [1.807, 2.05) is 100 Å². The summed E-state index contributed by atoms with van der Waals surface area (Å²) in [5, 5.41) is 8.41. The second-order valence-corrected chi connectivity index (χ2v) is 16.3. The van der Waals surface area contributed by atoms with Crippen LogP contribution in [0.3, 0.4) is 0 Å². The van der Waals surface area contributed by atoms with Gasteiger partial charge in [-0.15, -0.1) is 0 Å². The lowest BCUT2D eigenvalue weighted by Crippen LogP contribution is -2.25. The number of fused-ring (bicyclic) bond motifs is 2. The molecule has 2 aromatic heterocycles. The van der Waals surface area contributed by atoms with E-state index in [-0.39, 0.29) is 50.8 Å². The van der Waals surface area contributed by atoms with Crippen molar-refractivity contribution in [3.05, 3.63) is 120 Å². The van der Waals surface area contributed by atoms with Crippen molar-refractivity contribution in [1.29, 1.82) is 0 Å². The summed E-state index contributed by atoms with van der Waals surface area (Å²) in [6, 6.07) is 26.8. The van der Waals surface area contributed by atoms with Gasteiger partial charge in [-0.05, 0) is 67.5 Å². The Morgan fingerprint density at radius 2 is 0.968 bits per heavy atom. The molecule has 0 saturated heterocycles. The van der Waals surface area contributed by atoms with Crippen LogP contribution in [0.2, 0.25) is 0 Å². The first kappa shape index (κ1) is 45.7. The van der Waals surface area contributed by atoms with E-state index in [4.69, 9.17) is 18.9 Å². The third-order valence-corrected chi connectivity index (χ3v) is 10.5. The Balaban J connectivity index is 0.998. The van der Waals surface area contributed by atoms with Gasteiger partial charge in [-0.1, -0.05) is 88.4 Å². The summed E-state index contributed by atoms with van der Waals surface area (Å²) in [5.74, 6) is 0.0302. The lowest BCUT2D eigenvalue weighted by atomic mass is 9.86. The standard InChI is InChI=1S/C51H56N4O8/c1-7-15-41(56)37-31-52-49-35(47(37)54-39-21-11-9-17-33(39)3)19-13-23-43(49)60-25-27-62-45(58)29-51(5,6)30-46(59)63-28-26-61-44-24-14-20-36-48(55-40-22-12-10-18-34(40)4)38(32-53-50(36)44)42(57)16-8-2/h9-14,17-24,31-32H,7-8,15-16,25-30H2,1-6H3,(H,52,54)(H,53,55). The molecule has 63 heavy (non-hydrogen) atoms. The first-order chi connectivity index (χ1) is 30.4. The minimum Gasteiger partial charge on any atom is -0.488 e. The molecule has 6 rings (SSSR count). The lowest BCUT2D eigenvalue weighted by molar-refractivity contribution is -0.150. The molecule has 0 bridgehead atoms. The van der Waals surface area contributed by atoms with Crippen LogP contribution >= 0.6 is 0 Å². The summed E-state index contributed by atoms with van der Waals surface area (Å²) < 4.78 is 23.1. The zero-order chi connectivity index (χ0) is 44.9. The van der Waals surface area contributed by atoms with Crippen molar-refractivity contribution in [2.75, 3.05) is 37.1 Å². The summed E-state index contributed by atoms with van der Waals surface area (Å²) in [5.41, 5.74) is 6.58. The van der Waals surface area contributed by atoms with Crippen molar-refractivity contribution in [1.82, 2.24) is 9.97 Å². The fourth-order valence-corrected chi connectivity index (χ4v) is 7.30. The molecule has 0 unspecified atom stereocenters. The number of nitrogens with one attached hydrogen (secondary N) is 2. The second-order valence-electron chi connectivity index (χ2n) is 16.3. The van der Waals surface area contributed by atoms with Gasteiger partial charge in [0.05, 0.1) is 35.3 Å². The number of Topliss-reactive ketones (excluding diaryl/α,β-unsaturated/α-hetero) is 2. The molecule has 0 amide bonds. The van der Waals surface area contributed by atoms with Crippen LogP contribution in [-0.2, 0) is 19.1 Å². The summed E-state index contributed by atoms with van der Waals surface area (Å²) in [4.78, 5) is 61.3. The van der Waals surface area contributed by atoms with E-state index in [1.54, 1.807) is 38.4 Å². The van der Waals surface area contributed by atoms with Crippen LogP contribution < -0.4 is 20.1 Å². The minimum absolute atomic E-state index is 0.000109. The van der Waals surface area contributed by atoms with Gasteiger partial charge in [0.25, 0.3) is 0 Å². The Morgan fingerprint density at radius 3 is 1.37 bits per heavy atom. The third kappa shape index (κ3) is 11.8. The number of ether oxygens (including phenoxy) is 4. The highest BCUT2D eigenvalue weighted by atomic mass is 16.6. The SMILES string of the molecule is CCCC(=O)c1cnc2c(OCCOC(=O)CC(C)(C)CC(=O)OCCOc3cccc4c(Nc5ccccc5C)c(C(=O)CCC)cnc34)cccc2c1Nc1ccccc1C. The van der Waals surface area contributed by atoms with Gasteiger partial charge in [0.1, 0.15) is 49.0 Å². The number of esters is 2. The molecule has 4 aromatic carbocycles. The maximum absolute atomic E-state index is 13.1. The summed E-state index contributed by atoms with van der Waals surface area (Å²) in [6.07, 6.45) is 5.38. The highest BCUT2D eigenvalue weighted by molar-refractivity contribution is 6.11. The fraction of sp³-hybridized carbons (Fsp3) is 0.333. The number of anilines is 4. The van der Waals surface area contributed by atoms with Crippen LogP contribution in [0, 0.1) is 19.3 Å². The van der Waals surface area contributed by atoms with Crippen molar-refractivity contribution >= 4 is 68.1 Å². The average Bonchev–Trinajstić information content (AvgIpc) is 3.25. The van der Waals surface area contributed by atoms with Crippen molar-refractivity contribution < 1.29 is 38.1 Å². The molecule has 0 aliphatic carbocycles. The number of carbonyl (C=O) groups is 4. The Bertz CT molecular complexity index is 2430. The Morgan fingerprint density at radius 1 is 0.556 bits per heavy atom. The number of rotatable bonds is 22. The van der Waals surface area contributed by atoms with Crippen molar-refractivity contribution in [2.24, 2.45) is 5.41 Å². The molecular weight excluding hydrogens is 797 g/mol. The van der Waals surface area contributed by atoms with Crippen LogP contribution in [0.4, 0.5) is 22.7 Å². The van der Waals surface area contributed by atoms with E-state index in [2.05, 4.69) is 20.6 Å². The molecule has 2 N–H and O–H groups in total. The van der Waals surface area contributed by atoms with E-state index in [0.717, 1.165) is 33.3 Å². The van der Waals surface area contributed by atoms with Crippen molar-refractivity contribution in [3.63, 3.8) is 0 Å². The quantitative estimate of drug-likeness (QED) is 0.0379. The number of para-hydroxylation sites is 4. The maximum Gasteiger partial charge on any atom is 0.306 e. The predicted molar refractivity (Wildman–Crippen MR) is 247 cm³/mol. The maximum atomic E-state index is 13.1. The summed E-state index contributed by atoms with van der Waals surface area (Å²) >= 11 is 0. The largest absolute Gasteiger partial charge is 0.488 e. The van der Waals surface area contributed by atoms with Gasteiger partial charge in [0, 0.05) is 47.4 Å². The molecule has 0 aliphatic heterocycles. The number of hydrogen-bond donors (Lipinski definition) is 2. The normalized spacial score (nSPS) is 11.3. The lowest BCUT2D eigenvalue weighted by Gasteiger charge is -2.22. The van der Waals surface area contributed by atoms with Gasteiger partial charge in [0.2, 0.25) is 0 Å². The molecule has 328 valence electrons. The molecule has 0 atom stereocenters. The molecule has 0 aliphatic rings. The predicted octanol–water partition coefficient (Wildman–Crippen LogP) is 11.2. The molecule has 0 radical (unpaired) electrons. The van der Waals surface area contributed by atoms with Crippen molar-refractivity contribution in [2.45, 2.75) is 80.1 Å². The Kier molecular flexibility index (Phi) is 15.5. The third-order valence-electron chi connectivity index (χ3n) is 10.5. The van der Waals surface area contributed by atoms with Gasteiger partial charge < -0.3 is 29.6 Å². The number of ketones is 2. The van der Waals surface area contributed by atoms with Crippen LogP contribution in [0.25, 0.3) is 21.8 Å². The molecule has 6 aromatic rings. The molecule has 0 fully saturated rings. The highest BCUT2D eigenvalue weighted by Crippen LogP contribution is 2.37. The number of benzene rings is 4. The molecular formula is C51H56N4O8. The number of carbonyl (C=O) groups excluding carboxylic acids is 4. The van der Waals surface area contributed by atoms with Crippen LogP contribution in [-0.4, -0.2) is 59.9 Å². The Hall–Kier alpha value is -6.82. The highest BCUT2D eigenvalue weighted by Gasteiger charge is 2.27. The topological polar surface area (TPSA) is 155 Å². The van der Waals surface area contributed by atoms with Crippen LogP contribution in [0.1, 0.15) is 98.1 Å². The van der Waals surface area contributed by atoms with Gasteiger partial charge in [-0.25, -0.2) is 0 Å². The number of aromatic nitrogens is 2. The zero-order valence-electron chi connectivity index (χ0n) is 37.0. The smallest absolute Gasteiger partial charge is 0.306 e. The average molecular weight is 853 g/mol. The van der Waals surface area contributed by atoms with Gasteiger partial charge in [-0.3, -0.25) is 29.1 Å². The zero-order valence-corrected chi connectivity index (χ0v) is 37.0. The molecule has 0 spiro atoms. The fourth-order valence-electron chi connectivity index (χ4n) is 7.30. The molecule has 12 nitrogen and oxygen atoms in total. The first-order valence-corrected chi connectivity index (χ1v) is 21.5. The van der Waals surface area contributed by atoms with Gasteiger partial charge >= 0.3 is 11.9 Å². The number of pyridine rings is 2. The number of aryl methyl sites for hydroxylation is 2. The summed E-state index contributed by atoms with van der Waals surface area (Å²) in [6.45, 7) is 11.7.